The number of halogens is 2. The van der Waals surface area contributed by atoms with Crippen LogP contribution in [0.4, 0.5) is 0 Å². The van der Waals surface area contributed by atoms with Crippen LogP contribution in [0.3, 0.4) is 0 Å². The number of benzene rings is 1. The number of hydrogen-bond donors (Lipinski definition) is 0. The Hall–Kier alpha value is -1.04. The summed E-state index contributed by atoms with van der Waals surface area (Å²) < 4.78 is 1.68. The summed E-state index contributed by atoms with van der Waals surface area (Å²) in [4.78, 5) is 4.74. The summed E-state index contributed by atoms with van der Waals surface area (Å²) in [7, 11) is 0. The third kappa shape index (κ3) is 2.79. The van der Waals surface area contributed by atoms with Crippen LogP contribution in [0.5, 0.6) is 0 Å². The lowest BCUT2D eigenvalue weighted by Crippen LogP contribution is -2.01. The second-order valence-electron chi connectivity index (χ2n) is 5.91. The van der Waals surface area contributed by atoms with Crippen molar-refractivity contribution in [1.82, 2.24) is 19.7 Å². The fraction of sp³-hybridized carbons (Fsp3) is 0.438. The SMILES string of the molecule is CCCn1c2ccccc2c2nnc(SC[C@@H]3CC3(Cl)Cl)nc21. The van der Waals surface area contributed by atoms with Gasteiger partial charge in [0.25, 0.3) is 0 Å². The van der Waals surface area contributed by atoms with Crippen LogP contribution in [0, 0.1) is 5.92 Å². The van der Waals surface area contributed by atoms with Gasteiger partial charge >= 0.3 is 0 Å². The number of aromatic nitrogens is 4. The molecule has 1 aromatic carbocycles. The van der Waals surface area contributed by atoms with Crippen molar-refractivity contribution >= 4 is 57.0 Å². The molecule has 0 unspecified atom stereocenters. The molecule has 4 rings (SSSR count). The molecule has 1 aliphatic rings. The maximum absolute atomic E-state index is 6.08. The summed E-state index contributed by atoms with van der Waals surface area (Å²) in [6.07, 6.45) is 1.89. The van der Waals surface area contributed by atoms with Crippen LogP contribution >= 0.6 is 35.0 Å². The van der Waals surface area contributed by atoms with Gasteiger partial charge in [-0.1, -0.05) is 36.9 Å². The van der Waals surface area contributed by atoms with Gasteiger partial charge in [-0.2, -0.15) is 0 Å². The largest absolute Gasteiger partial charge is 0.324 e. The first-order chi connectivity index (χ1) is 11.1. The number of thioether (sulfide) groups is 1. The number of nitrogens with zero attached hydrogens (tertiary/aromatic N) is 4. The summed E-state index contributed by atoms with van der Waals surface area (Å²) in [5, 5.41) is 10.5. The molecule has 4 nitrogen and oxygen atoms in total. The zero-order valence-electron chi connectivity index (χ0n) is 12.7. The monoisotopic (exact) mass is 366 g/mol. The summed E-state index contributed by atoms with van der Waals surface area (Å²) in [5.41, 5.74) is 2.94. The van der Waals surface area contributed by atoms with Gasteiger partial charge in [0.2, 0.25) is 5.16 Å². The van der Waals surface area contributed by atoms with E-state index in [4.69, 9.17) is 28.2 Å². The zero-order valence-corrected chi connectivity index (χ0v) is 15.0. The smallest absolute Gasteiger partial charge is 0.211 e. The molecule has 23 heavy (non-hydrogen) atoms. The van der Waals surface area contributed by atoms with Gasteiger partial charge in [0, 0.05) is 23.6 Å². The first-order valence-electron chi connectivity index (χ1n) is 7.72. The minimum absolute atomic E-state index is 0.316. The molecule has 0 saturated heterocycles. The van der Waals surface area contributed by atoms with Crippen LogP contribution in [-0.2, 0) is 6.54 Å². The van der Waals surface area contributed by atoms with Gasteiger partial charge in [-0.25, -0.2) is 4.98 Å². The molecule has 120 valence electrons. The highest BCUT2D eigenvalue weighted by Crippen LogP contribution is 2.54. The van der Waals surface area contributed by atoms with E-state index >= 15 is 0 Å². The first kappa shape index (κ1) is 15.5. The Morgan fingerprint density at radius 2 is 2.09 bits per heavy atom. The molecule has 2 aromatic heterocycles. The Bertz CT molecular complexity index is 877. The zero-order chi connectivity index (χ0) is 16.0. The van der Waals surface area contributed by atoms with Gasteiger partial charge in [0.15, 0.2) is 5.65 Å². The summed E-state index contributed by atoms with van der Waals surface area (Å²) in [6, 6.07) is 8.26. The van der Waals surface area contributed by atoms with Crippen LogP contribution in [0.2, 0.25) is 0 Å². The Labute approximate surface area is 148 Å². The van der Waals surface area contributed by atoms with Crippen LogP contribution in [0.15, 0.2) is 29.4 Å². The van der Waals surface area contributed by atoms with Crippen molar-refractivity contribution in [3.63, 3.8) is 0 Å². The topological polar surface area (TPSA) is 43.6 Å². The van der Waals surface area contributed by atoms with Crippen molar-refractivity contribution in [1.29, 1.82) is 0 Å². The van der Waals surface area contributed by atoms with Crippen molar-refractivity contribution in [2.75, 3.05) is 5.75 Å². The number of rotatable bonds is 5. The standard InChI is InChI=1S/C16H16Cl2N4S/c1-2-7-22-12-6-4-3-5-11(12)13-14(22)19-15(21-20-13)23-9-10-8-16(10,17)18/h3-6,10H,2,7-9H2,1H3/t10-/m0/s1. The van der Waals surface area contributed by atoms with Gasteiger partial charge in [-0.3, -0.25) is 0 Å². The second kappa shape index (κ2) is 5.80. The Morgan fingerprint density at radius 3 is 2.83 bits per heavy atom. The van der Waals surface area contributed by atoms with Crippen LogP contribution < -0.4 is 0 Å². The molecule has 0 N–H and O–H groups in total. The highest BCUT2D eigenvalue weighted by Gasteiger charge is 2.51. The molecule has 3 aromatic rings. The normalized spacial score (nSPS) is 19.5. The number of hydrogen-bond acceptors (Lipinski definition) is 4. The average Bonchev–Trinajstić information content (AvgIpc) is 3.05. The van der Waals surface area contributed by atoms with E-state index in [0.29, 0.717) is 11.1 Å². The minimum atomic E-state index is -0.554. The fourth-order valence-electron chi connectivity index (χ4n) is 2.83. The summed E-state index contributed by atoms with van der Waals surface area (Å²) >= 11 is 13.7. The van der Waals surface area contributed by atoms with E-state index in [1.807, 2.05) is 12.1 Å². The molecule has 0 bridgehead atoms. The van der Waals surface area contributed by atoms with E-state index in [0.717, 1.165) is 47.2 Å². The minimum Gasteiger partial charge on any atom is -0.324 e. The third-order valence-electron chi connectivity index (χ3n) is 4.17. The van der Waals surface area contributed by atoms with E-state index in [1.165, 1.54) is 0 Å². The maximum Gasteiger partial charge on any atom is 0.211 e. The predicted molar refractivity (Wildman–Crippen MR) is 96.4 cm³/mol. The molecule has 1 atom stereocenters. The van der Waals surface area contributed by atoms with Crippen LogP contribution in [0.1, 0.15) is 19.8 Å². The lowest BCUT2D eigenvalue weighted by Gasteiger charge is -2.04. The highest BCUT2D eigenvalue weighted by molar-refractivity contribution is 7.99. The second-order valence-corrected chi connectivity index (χ2v) is 8.44. The lowest BCUT2D eigenvalue weighted by molar-refractivity contribution is 0.709. The molecular formula is C16H16Cl2N4S. The van der Waals surface area contributed by atoms with Gasteiger partial charge in [0.1, 0.15) is 9.85 Å². The Balaban J connectivity index is 1.72. The van der Waals surface area contributed by atoms with Crippen molar-refractivity contribution in [2.24, 2.45) is 5.92 Å². The molecule has 0 radical (unpaired) electrons. The molecule has 0 aliphatic heterocycles. The quantitative estimate of drug-likeness (QED) is 0.485. The van der Waals surface area contributed by atoms with Gasteiger partial charge in [0.05, 0.1) is 5.52 Å². The van der Waals surface area contributed by atoms with E-state index in [1.54, 1.807) is 11.8 Å². The first-order valence-corrected chi connectivity index (χ1v) is 9.46. The van der Waals surface area contributed by atoms with Gasteiger partial charge in [-0.05, 0) is 18.9 Å². The van der Waals surface area contributed by atoms with Gasteiger partial charge in [-0.15, -0.1) is 33.4 Å². The fourth-order valence-corrected chi connectivity index (χ4v) is 4.54. The van der Waals surface area contributed by atoms with E-state index < -0.39 is 4.33 Å². The van der Waals surface area contributed by atoms with Crippen LogP contribution in [-0.4, -0.2) is 29.8 Å². The molecule has 1 fully saturated rings. The molecule has 0 amide bonds. The number of aryl methyl sites for hydroxylation is 1. The van der Waals surface area contributed by atoms with E-state index in [2.05, 4.69) is 33.8 Å². The van der Waals surface area contributed by atoms with Gasteiger partial charge < -0.3 is 4.57 Å². The average molecular weight is 367 g/mol. The van der Waals surface area contributed by atoms with Crippen molar-refractivity contribution in [2.45, 2.75) is 35.8 Å². The summed E-state index contributed by atoms with van der Waals surface area (Å²) in [6.45, 7) is 3.08. The molecule has 1 aliphatic carbocycles. The van der Waals surface area contributed by atoms with Crippen molar-refractivity contribution in [3.8, 4) is 0 Å². The van der Waals surface area contributed by atoms with Crippen LogP contribution in [0.25, 0.3) is 22.1 Å². The molecular weight excluding hydrogens is 351 g/mol. The molecule has 0 spiro atoms. The molecule has 2 heterocycles. The number of alkyl halides is 2. The maximum atomic E-state index is 6.08. The third-order valence-corrected chi connectivity index (χ3v) is 6.10. The Morgan fingerprint density at radius 1 is 1.30 bits per heavy atom. The lowest BCUT2D eigenvalue weighted by atomic mass is 10.2. The molecule has 1 saturated carbocycles. The van der Waals surface area contributed by atoms with Crippen molar-refractivity contribution in [3.05, 3.63) is 24.3 Å². The molecule has 7 heteroatoms. The van der Waals surface area contributed by atoms with Crippen molar-refractivity contribution < 1.29 is 0 Å². The van der Waals surface area contributed by atoms with E-state index in [9.17, 15) is 0 Å². The number of fused-ring (bicyclic) bond motifs is 3. The summed E-state index contributed by atoms with van der Waals surface area (Å²) in [5.74, 6) is 1.14. The highest BCUT2D eigenvalue weighted by atomic mass is 35.5. The number of para-hydroxylation sites is 1. The van der Waals surface area contributed by atoms with E-state index in [-0.39, 0.29) is 0 Å². The Kier molecular flexibility index (Phi) is 3.90. The predicted octanol–water partition coefficient (Wildman–Crippen LogP) is 4.68.